The summed E-state index contributed by atoms with van der Waals surface area (Å²) in [5, 5.41) is 13.2. The lowest BCUT2D eigenvalue weighted by Gasteiger charge is -2.07. The van der Waals surface area contributed by atoms with E-state index in [1.165, 1.54) is 6.21 Å². The number of aromatic nitrogens is 2. The lowest BCUT2D eigenvalue weighted by atomic mass is 10.1. The Morgan fingerprint density at radius 3 is 2.61 bits per heavy atom. The minimum Gasteiger partial charge on any atom is -0.290 e. The molecule has 0 aliphatic carbocycles. The summed E-state index contributed by atoms with van der Waals surface area (Å²) < 4.78 is 25.3. The van der Waals surface area contributed by atoms with Gasteiger partial charge in [0.05, 0.1) is 11.9 Å². The fourth-order valence-electron chi connectivity index (χ4n) is 2.61. The van der Waals surface area contributed by atoms with Crippen molar-refractivity contribution in [2.24, 2.45) is 5.10 Å². The van der Waals surface area contributed by atoms with Crippen molar-refractivity contribution in [2.45, 2.75) is 12.8 Å². The highest BCUT2D eigenvalue weighted by Gasteiger charge is 2.13. The number of H-pyrrole nitrogens is 1. The van der Waals surface area contributed by atoms with E-state index in [0.29, 0.717) is 16.7 Å². The number of halogens is 2. The van der Waals surface area contributed by atoms with E-state index < -0.39 is 12.0 Å². The van der Waals surface area contributed by atoms with E-state index in [1.54, 1.807) is 48.5 Å². The lowest BCUT2D eigenvalue weighted by Crippen LogP contribution is -2.16. The first-order chi connectivity index (χ1) is 13.6. The fraction of sp³-hybridized carbons (Fsp3) is 0.100. The number of aromatic amines is 1. The Morgan fingerprint density at radius 2 is 1.89 bits per heavy atom. The van der Waals surface area contributed by atoms with Crippen molar-refractivity contribution in [2.75, 3.05) is 5.43 Å². The molecular weight excluding hydrogens is 364 g/mol. The van der Waals surface area contributed by atoms with Crippen molar-refractivity contribution in [1.29, 1.82) is 5.26 Å². The fourth-order valence-corrected chi connectivity index (χ4v) is 2.61. The van der Waals surface area contributed by atoms with E-state index in [0.717, 1.165) is 0 Å². The SMILES string of the molecule is N#Cc1c(-c2ccccc2)nc(NN=Cc2ccccc2CC(F)F)[nH]c1=O. The molecule has 6 nitrogen and oxygen atoms in total. The standard InChI is InChI=1S/C20H15F2N5O/c21-17(22)10-14-8-4-5-9-15(14)12-24-27-20-25-18(13-6-2-1-3-7-13)16(11-23)19(28)26-20/h1-9,12,17H,10H2,(H2,25,26,27,28). The van der Waals surface area contributed by atoms with E-state index in [2.05, 4.69) is 20.5 Å². The molecule has 0 saturated heterocycles. The van der Waals surface area contributed by atoms with Crippen molar-refractivity contribution in [3.05, 3.63) is 81.6 Å². The van der Waals surface area contributed by atoms with Crippen LogP contribution in [-0.2, 0) is 6.42 Å². The first-order valence-corrected chi connectivity index (χ1v) is 8.33. The minimum atomic E-state index is -2.47. The van der Waals surface area contributed by atoms with Crippen LogP contribution in [0, 0.1) is 11.3 Å². The Morgan fingerprint density at radius 1 is 1.18 bits per heavy atom. The Kier molecular flexibility index (Phi) is 5.87. The van der Waals surface area contributed by atoms with Gasteiger partial charge in [0, 0.05) is 12.0 Å². The maximum absolute atomic E-state index is 12.7. The number of alkyl halides is 2. The summed E-state index contributed by atoms with van der Waals surface area (Å²) in [6.07, 6.45) is -1.47. The van der Waals surface area contributed by atoms with Crippen LogP contribution in [0.4, 0.5) is 14.7 Å². The zero-order valence-electron chi connectivity index (χ0n) is 14.6. The van der Waals surface area contributed by atoms with Crippen LogP contribution in [0.25, 0.3) is 11.3 Å². The first kappa shape index (κ1) is 18.9. The van der Waals surface area contributed by atoms with Gasteiger partial charge in [-0.3, -0.25) is 9.78 Å². The molecule has 8 heteroatoms. The molecule has 0 bridgehead atoms. The normalized spacial score (nSPS) is 10.9. The predicted octanol–water partition coefficient (Wildman–Crippen LogP) is 3.56. The van der Waals surface area contributed by atoms with Crippen LogP contribution < -0.4 is 11.0 Å². The monoisotopic (exact) mass is 379 g/mol. The molecule has 0 fully saturated rings. The average Bonchev–Trinajstić information content (AvgIpc) is 2.69. The number of benzene rings is 2. The van der Waals surface area contributed by atoms with E-state index in [9.17, 15) is 18.8 Å². The van der Waals surface area contributed by atoms with Crippen LogP contribution in [0.15, 0.2) is 64.5 Å². The van der Waals surface area contributed by atoms with Crippen LogP contribution >= 0.6 is 0 Å². The number of anilines is 1. The van der Waals surface area contributed by atoms with Crippen LogP contribution in [0.2, 0.25) is 0 Å². The molecule has 1 heterocycles. The Labute approximate surface area is 159 Å². The number of hydrogen-bond donors (Lipinski definition) is 2. The summed E-state index contributed by atoms with van der Waals surface area (Å²) in [5.74, 6) is 0.0328. The third-order valence-corrected chi connectivity index (χ3v) is 3.88. The number of nitriles is 1. The molecule has 140 valence electrons. The molecule has 2 N–H and O–H groups in total. The highest BCUT2D eigenvalue weighted by molar-refractivity contribution is 5.82. The topological polar surface area (TPSA) is 93.9 Å². The summed E-state index contributed by atoms with van der Waals surface area (Å²) in [4.78, 5) is 18.9. The molecule has 0 unspecified atom stereocenters. The molecule has 0 spiro atoms. The molecule has 2 aromatic carbocycles. The van der Waals surface area contributed by atoms with Crippen LogP contribution in [0.1, 0.15) is 16.7 Å². The van der Waals surface area contributed by atoms with E-state index in [1.807, 2.05) is 12.1 Å². The third-order valence-electron chi connectivity index (χ3n) is 3.88. The second-order valence-electron chi connectivity index (χ2n) is 5.78. The quantitative estimate of drug-likeness (QED) is 0.506. The van der Waals surface area contributed by atoms with Gasteiger partial charge in [0.2, 0.25) is 12.4 Å². The maximum Gasteiger partial charge on any atom is 0.270 e. The number of hydrogen-bond acceptors (Lipinski definition) is 5. The molecular formula is C20H15F2N5O. The van der Waals surface area contributed by atoms with Gasteiger partial charge < -0.3 is 0 Å². The summed E-state index contributed by atoms with van der Waals surface area (Å²) in [7, 11) is 0. The molecule has 0 atom stereocenters. The van der Waals surface area contributed by atoms with Crippen LogP contribution in [0.5, 0.6) is 0 Å². The number of hydrazone groups is 1. The minimum absolute atomic E-state index is 0.0328. The number of nitrogens with zero attached hydrogens (tertiary/aromatic N) is 3. The Balaban J connectivity index is 1.88. The van der Waals surface area contributed by atoms with Crippen molar-refractivity contribution < 1.29 is 8.78 Å². The van der Waals surface area contributed by atoms with Gasteiger partial charge >= 0.3 is 0 Å². The first-order valence-electron chi connectivity index (χ1n) is 8.33. The molecule has 1 aromatic heterocycles. The molecule has 0 radical (unpaired) electrons. The summed E-state index contributed by atoms with van der Waals surface area (Å²) in [6.45, 7) is 0. The van der Waals surface area contributed by atoms with E-state index in [4.69, 9.17) is 0 Å². The van der Waals surface area contributed by atoms with Gasteiger partial charge in [0.25, 0.3) is 5.56 Å². The summed E-state index contributed by atoms with van der Waals surface area (Å²) >= 11 is 0. The average molecular weight is 379 g/mol. The second-order valence-corrected chi connectivity index (χ2v) is 5.78. The van der Waals surface area contributed by atoms with Gasteiger partial charge in [-0.05, 0) is 11.1 Å². The predicted molar refractivity (Wildman–Crippen MR) is 102 cm³/mol. The van der Waals surface area contributed by atoms with E-state index in [-0.39, 0.29) is 23.6 Å². The zero-order chi connectivity index (χ0) is 19.9. The van der Waals surface area contributed by atoms with Crippen molar-refractivity contribution in [1.82, 2.24) is 9.97 Å². The molecule has 0 amide bonds. The Bertz CT molecular complexity index is 1090. The van der Waals surface area contributed by atoms with Crippen molar-refractivity contribution >= 4 is 12.2 Å². The molecule has 3 aromatic rings. The van der Waals surface area contributed by atoms with Gasteiger partial charge in [-0.25, -0.2) is 19.2 Å². The van der Waals surface area contributed by atoms with Gasteiger partial charge in [0.15, 0.2) is 0 Å². The number of rotatable bonds is 6. The van der Waals surface area contributed by atoms with Crippen LogP contribution in [-0.4, -0.2) is 22.6 Å². The molecule has 3 rings (SSSR count). The molecule has 0 saturated carbocycles. The van der Waals surface area contributed by atoms with Crippen LogP contribution in [0.3, 0.4) is 0 Å². The third kappa shape index (κ3) is 4.45. The highest BCUT2D eigenvalue weighted by Crippen LogP contribution is 2.19. The van der Waals surface area contributed by atoms with E-state index >= 15 is 0 Å². The number of nitrogens with one attached hydrogen (secondary N) is 2. The molecule has 28 heavy (non-hydrogen) atoms. The molecule has 0 aliphatic rings. The van der Waals surface area contributed by atoms with Gasteiger partial charge in [-0.15, -0.1) is 0 Å². The largest absolute Gasteiger partial charge is 0.290 e. The van der Waals surface area contributed by atoms with Crippen molar-refractivity contribution in [3.63, 3.8) is 0 Å². The summed E-state index contributed by atoms with van der Waals surface area (Å²) in [5.41, 5.74) is 3.68. The van der Waals surface area contributed by atoms with Gasteiger partial charge in [-0.2, -0.15) is 10.4 Å². The second kappa shape index (κ2) is 8.68. The molecule has 0 aliphatic heterocycles. The smallest absolute Gasteiger partial charge is 0.270 e. The van der Waals surface area contributed by atoms with Crippen molar-refractivity contribution in [3.8, 4) is 17.3 Å². The lowest BCUT2D eigenvalue weighted by molar-refractivity contribution is 0.149. The highest BCUT2D eigenvalue weighted by atomic mass is 19.3. The zero-order valence-corrected chi connectivity index (χ0v) is 14.6. The summed E-state index contributed by atoms with van der Waals surface area (Å²) in [6, 6.07) is 17.3. The van der Waals surface area contributed by atoms with Gasteiger partial charge in [-0.1, -0.05) is 54.6 Å². The van der Waals surface area contributed by atoms with Gasteiger partial charge in [0.1, 0.15) is 11.6 Å². The Hall–Kier alpha value is -3.86. The maximum atomic E-state index is 12.7.